The first-order valence-electron chi connectivity index (χ1n) is 10.6. The number of ether oxygens (including phenoxy) is 1. The van der Waals surface area contributed by atoms with Crippen LogP contribution in [0.3, 0.4) is 0 Å². The summed E-state index contributed by atoms with van der Waals surface area (Å²) in [6.45, 7) is 3.68. The number of nitrogens with one attached hydrogen (secondary N) is 2. The van der Waals surface area contributed by atoms with Gasteiger partial charge in [-0.25, -0.2) is 4.79 Å². The van der Waals surface area contributed by atoms with Crippen molar-refractivity contribution >= 4 is 12.0 Å². The van der Waals surface area contributed by atoms with Gasteiger partial charge in [0.1, 0.15) is 6.61 Å². The van der Waals surface area contributed by atoms with Gasteiger partial charge in [0.15, 0.2) is 0 Å². The highest BCUT2D eigenvalue weighted by atomic mass is 16.5. The molecule has 158 valence electrons. The highest BCUT2D eigenvalue weighted by Gasteiger charge is 2.12. The zero-order chi connectivity index (χ0) is 20.5. The van der Waals surface area contributed by atoms with Crippen LogP contribution in [0.2, 0.25) is 0 Å². The molecule has 0 aliphatic carbocycles. The number of alkyl carbamates (subject to hydrolysis) is 1. The second-order valence-electron chi connectivity index (χ2n) is 7.15. The van der Waals surface area contributed by atoms with Gasteiger partial charge in [-0.05, 0) is 31.2 Å². The quantitative estimate of drug-likeness (QED) is 0.395. The van der Waals surface area contributed by atoms with Crippen molar-refractivity contribution in [2.24, 2.45) is 5.73 Å². The maximum Gasteiger partial charge on any atom is 0.407 e. The van der Waals surface area contributed by atoms with Crippen LogP contribution in [-0.4, -0.2) is 31.1 Å². The molecule has 0 spiro atoms. The fraction of sp³-hybridized carbons (Fsp3) is 0.636. The van der Waals surface area contributed by atoms with Crippen molar-refractivity contribution in [3.05, 3.63) is 35.9 Å². The maximum atomic E-state index is 11.9. The van der Waals surface area contributed by atoms with Crippen molar-refractivity contribution in [1.82, 2.24) is 10.6 Å². The molecule has 0 unspecified atom stereocenters. The average molecular weight is 392 g/mol. The zero-order valence-corrected chi connectivity index (χ0v) is 17.3. The van der Waals surface area contributed by atoms with Crippen molar-refractivity contribution in [2.75, 3.05) is 13.1 Å². The summed E-state index contributed by atoms with van der Waals surface area (Å²) in [5.41, 5.74) is 6.88. The number of carbonyl (C=O) groups is 2. The van der Waals surface area contributed by atoms with Crippen molar-refractivity contribution in [3.8, 4) is 0 Å². The Morgan fingerprint density at radius 1 is 0.929 bits per heavy atom. The molecule has 28 heavy (non-hydrogen) atoms. The van der Waals surface area contributed by atoms with Gasteiger partial charge in [-0.15, -0.1) is 0 Å². The van der Waals surface area contributed by atoms with Crippen LogP contribution in [0.25, 0.3) is 0 Å². The predicted octanol–water partition coefficient (Wildman–Crippen LogP) is 3.89. The summed E-state index contributed by atoms with van der Waals surface area (Å²) < 4.78 is 5.14. The minimum Gasteiger partial charge on any atom is -0.445 e. The molecule has 2 amide bonds. The minimum atomic E-state index is -0.481. The Labute approximate surface area is 169 Å². The molecule has 6 nitrogen and oxygen atoms in total. The SMILES string of the molecule is CCCCCCCCNC(=O)[C@@H](N)CCCCNC(=O)OCc1ccccc1. The van der Waals surface area contributed by atoms with Gasteiger partial charge in [0.25, 0.3) is 0 Å². The lowest BCUT2D eigenvalue weighted by molar-refractivity contribution is -0.122. The van der Waals surface area contributed by atoms with E-state index in [1.54, 1.807) is 0 Å². The van der Waals surface area contributed by atoms with Crippen LogP contribution >= 0.6 is 0 Å². The lowest BCUT2D eigenvalue weighted by Crippen LogP contribution is -2.41. The molecule has 1 aromatic rings. The van der Waals surface area contributed by atoms with E-state index >= 15 is 0 Å². The molecule has 0 fully saturated rings. The smallest absolute Gasteiger partial charge is 0.407 e. The summed E-state index contributed by atoms with van der Waals surface area (Å²) in [4.78, 5) is 23.6. The zero-order valence-electron chi connectivity index (χ0n) is 17.3. The fourth-order valence-electron chi connectivity index (χ4n) is 2.83. The number of rotatable bonds is 15. The summed E-state index contributed by atoms with van der Waals surface area (Å²) in [6, 6.07) is 9.07. The lowest BCUT2D eigenvalue weighted by atomic mass is 10.1. The van der Waals surface area contributed by atoms with Gasteiger partial charge in [-0.1, -0.05) is 69.4 Å². The minimum absolute atomic E-state index is 0.0798. The Bertz CT molecular complexity index is 537. The third kappa shape index (κ3) is 12.3. The van der Waals surface area contributed by atoms with Crippen LogP contribution in [0.1, 0.15) is 70.3 Å². The van der Waals surface area contributed by atoms with E-state index in [2.05, 4.69) is 17.6 Å². The Kier molecular flexibility index (Phi) is 13.6. The number of hydrogen-bond acceptors (Lipinski definition) is 4. The number of carbonyl (C=O) groups excluding carboxylic acids is 2. The van der Waals surface area contributed by atoms with Crippen molar-refractivity contribution in [3.63, 3.8) is 0 Å². The highest BCUT2D eigenvalue weighted by Crippen LogP contribution is 2.05. The largest absolute Gasteiger partial charge is 0.445 e. The maximum absolute atomic E-state index is 11.9. The molecule has 4 N–H and O–H groups in total. The van der Waals surface area contributed by atoms with Crippen molar-refractivity contribution in [2.45, 2.75) is 77.4 Å². The van der Waals surface area contributed by atoms with E-state index in [9.17, 15) is 9.59 Å². The highest BCUT2D eigenvalue weighted by molar-refractivity contribution is 5.81. The molecule has 0 bridgehead atoms. The normalized spacial score (nSPS) is 11.6. The van der Waals surface area contributed by atoms with Crippen LogP contribution in [0.15, 0.2) is 30.3 Å². The number of hydrogen-bond donors (Lipinski definition) is 3. The van der Waals surface area contributed by atoms with Gasteiger partial charge >= 0.3 is 6.09 Å². The summed E-state index contributed by atoms with van der Waals surface area (Å²) >= 11 is 0. The van der Waals surface area contributed by atoms with Gasteiger partial charge in [-0.3, -0.25) is 4.79 Å². The van der Waals surface area contributed by atoms with E-state index in [1.807, 2.05) is 30.3 Å². The topological polar surface area (TPSA) is 93.5 Å². The number of benzene rings is 1. The van der Waals surface area contributed by atoms with E-state index in [4.69, 9.17) is 10.5 Å². The van der Waals surface area contributed by atoms with Crippen molar-refractivity contribution in [1.29, 1.82) is 0 Å². The molecule has 1 aromatic carbocycles. The third-order valence-electron chi connectivity index (χ3n) is 4.59. The molecule has 1 atom stereocenters. The van der Waals surface area contributed by atoms with Crippen LogP contribution in [0, 0.1) is 0 Å². The average Bonchev–Trinajstić information content (AvgIpc) is 2.71. The molecule has 0 radical (unpaired) electrons. The van der Waals surface area contributed by atoms with Gasteiger partial charge in [0, 0.05) is 13.1 Å². The lowest BCUT2D eigenvalue weighted by Gasteiger charge is -2.12. The first-order valence-corrected chi connectivity index (χ1v) is 10.6. The Hall–Kier alpha value is -2.08. The molecular weight excluding hydrogens is 354 g/mol. The Balaban J connectivity index is 1.96. The second kappa shape index (κ2) is 15.9. The first kappa shape index (κ1) is 24.0. The molecule has 0 aliphatic heterocycles. The van der Waals surface area contributed by atoms with E-state index in [0.29, 0.717) is 19.5 Å². The van der Waals surface area contributed by atoms with Crippen LogP contribution in [-0.2, 0) is 16.1 Å². The van der Waals surface area contributed by atoms with E-state index < -0.39 is 12.1 Å². The molecule has 0 heterocycles. The summed E-state index contributed by atoms with van der Waals surface area (Å²) in [6.07, 6.45) is 8.94. The Morgan fingerprint density at radius 2 is 1.57 bits per heavy atom. The van der Waals surface area contributed by atoms with Gasteiger partial charge in [0.2, 0.25) is 5.91 Å². The molecular formula is C22H37N3O3. The number of unbranched alkanes of at least 4 members (excludes halogenated alkanes) is 6. The number of amides is 2. The molecule has 1 rings (SSSR count). The van der Waals surface area contributed by atoms with Crippen LogP contribution in [0.5, 0.6) is 0 Å². The Morgan fingerprint density at radius 3 is 2.32 bits per heavy atom. The fourth-order valence-corrected chi connectivity index (χ4v) is 2.83. The molecule has 0 aromatic heterocycles. The number of nitrogens with two attached hydrogens (primary N) is 1. The second-order valence-corrected chi connectivity index (χ2v) is 7.15. The van der Waals surface area contributed by atoms with E-state index in [-0.39, 0.29) is 12.5 Å². The first-order chi connectivity index (χ1) is 13.6. The van der Waals surface area contributed by atoms with E-state index in [1.165, 1.54) is 25.7 Å². The van der Waals surface area contributed by atoms with Crippen LogP contribution in [0.4, 0.5) is 4.79 Å². The molecule has 0 aliphatic rings. The van der Waals surface area contributed by atoms with Crippen molar-refractivity contribution < 1.29 is 14.3 Å². The summed E-state index contributed by atoms with van der Waals surface area (Å²) in [7, 11) is 0. The standard InChI is InChI=1S/C22H37N3O3/c1-2-3-4-5-6-11-16-24-21(26)20(23)15-10-12-17-25-22(27)28-18-19-13-8-7-9-14-19/h7-9,13-14,20H,2-6,10-12,15-18,23H2,1H3,(H,24,26)(H,25,27)/t20-/m0/s1. The molecule has 6 heteroatoms. The van der Waals surface area contributed by atoms with E-state index in [0.717, 1.165) is 31.2 Å². The van der Waals surface area contributed by atoms with Gasteiger partial charge in [-0.2, -0.15) is 0 Å². The molecule has 0 saturated heterocycles. The third-order valence-corrected chi connectivity index (χ3v) is 4.59. The summed E-state index contributed by atoms with van der Waals surface area (Å²) in [5, 5.41) is 5.63. The van der Waals surface area contributed by atoms with Crippen LogP contribution < -0.4 is 16.4 Å². The van der Waals surface area contributed by atoms with Gasteiger partial charge in [0.05, 0.1) is 6.04 Å². The predicted molar refractivity (Wildman–Crippen MR) is 113 cm³/mol. The van der Waals surface area contributed by atoms with Gasteiger partial charge < -0.3 is 21.1 Å². The summed E-state index contributed by atoms with van der Waals surface area (Å²) in [5.74, 6) is -0.0798. The monoisotopic (exact) mass is 391 g/mol. The molecule has 0 saturated carbocycles.